The van der Waals surface area contributed by atoms with E-state index >= 15 is 0 Å². The maximum absolute atomic E-state index is 14.1. The van der Waals surface area contributed by atoms with E-state index in [1.807, 2.05) is 6.92 Å². The molecule has 9 heteroatoms. The Labute approximate surface area is 157 Å². The molecule has 0 amide bonds. The van der Waals surface area contributed by atoms with Gasteiger partial charge in [-0.05, 0) is 25.5 Å². The number of nitrogens with zero attached hydrogens (tertiary/aromatic N) is 2. The molecule has 0 saturated carbocycles. The van der Waals surface area contributed by atoms with Crippen molar-refractivity contribution >= 4 is 23.1 Å². The minimum absolute atomic E-state index is 0.00902. The third-order valence-electron chi connectivity index (χ3n) is 4.02. The molecule has 1 aromatic carbocycles. The van der Waals surface area contributed by atoms with Gasteiger partial charge in [0.25, 0.3) is 11.5 Å². The first-order valence-corrected chi connectivity index (χ1v) is 8.49. The lowest BCUT2D eigenvalue weighted by molar-refractivity contribution is 0.0156. The van der Waals surface area contributed by atoms with Gasteiger partial charge in [0.05, 0.1) is 24.1 Å². The Morgan fingerprint density at radius 1 is 1.41 bits per heavy atom. The van der Waals surface area contributed by atoms with Gasteiger partial charge in [-0.2, -0.15) is 5.10 Å². The second-order valence-corrected chi connectivity index (χ2v) is 6.49. The topological polar surface area (TPSA) is 76.5 Å². The zero-order valence-corrected chi connectivity index (χ0v) is 15.5. The number of hydrogen-bond donors (Lipinski definition) is 1. The number of alkyl halides is 2. The van der Waals surface area contributed by atoms with Crippen LogP contribution < -0.4 is 5.56 Å². The highest BCUT2D eigenvalue weighted by Gasteiger charge is 2.37. The molecule has 0 radical (unpaired) electrons. The number of aromatic amines is 1. The molecule has 6 nitrogen and oxygen atoms in total. The molecular weight excluding hydrogens is 380 g/mol. The van der Waals surface area contributed by atoms with Crippen LogP contribution in [0.2, 0.25) is 5.02 Å². The fourth-order valence-corrected chi connectivity index (χ4v) is 2.93. The molecule has 0 aliphatic rings. The van der Waals surface area contributed by atoms with Gasteiger partial charge < -0.3 is 9.72 Å². The van der Waals surface area contributed by atoms with Crippen LogP contribution in [0.15, 0.2) is 29.2 Å². The van der Waals surface area contributed by atoms with Crippen molar-refractivity contribution in [1.29, 1.82) is 0 Å². The molecule has 0 fully saturated rings. The molecule has 0 aliphatic heterocycles. The molecule has 0 saturated heterocycles. The number of halogens is 3. The number of rotatable bonds is 4. The molecule has 2 heterocycles. The van der Waals surface area contributed by atoms with Crippen molar-refractivity contribution in [3.8, 4) is 11.3 Å². The predicted molar refractivity (Wildman–Crippen MR) is 96.5 cm³/mol. The number of fused-ring (bicyclic) bond motifs is 1. The maximum atomic E-state index is 14.1. The van der Waals surface area contributed by atoms with Gasteiger partial charge in [0.2, 0.25) is 0 Å². The first-order valence-electron chi connectivity index (χ1n) is 8.11. The lowest BCUT2D eigenvalue weighted by Gasteiger charge is -2.10. The Balaban J connectivity index is 2.28. The molecule has 3 aromatic rings. The minimum Gasteiger partial charge on any atom is -0.461 e. The molecule has 0 spiro atoms. The van der Waals surface area contributed by atoms with Crippen molar-refractivity contribution in [3.05, 3.63) is 56.6 Å². The molecule has 0 aliphatic carbocycles. The summed E-state index contributed by atoms with van der Waals surface area (Å²) in [5.74, 6) is -4.48. The van der Waals surface area contributed by atoms with Gasteiger partial charge in [0.1, 0.15) is 5.52 Å². The molecule has 2 aromatic heterocycles. The highest BCUT2D eigenvalue weighted by molar-refractivity contribution is 6.31. The standard InChI is InChI=1S/C18H16ClF2N3O3/c1-4-27-17(26)14-13(18(3,20)21)15-16(25)22-12(8-24(15)23-14)10-6-5-9(2)11(19)7-10/h5-8H,4H2,1-3H3,(H,22,25). The van der Waals surface area contributed by atoms with E-state index in [1.165, 1.54) is 6.20 Å². The average Bonchev–Trinajstić information content (AvgIpc) is 2.98. The summed E-state index contributed by atoms with van der Waals surface area (Å²) >= 11 is 6.11. The van der Waals surface area contributed by atoms with E-state index in [0.29, 0.717) is 23.2 Å². The molecule has 3 rings (SSSR count). The van der Waals surface area contributed by atoms with Crippen molar-refractivity contribution in [2.75, 3.05) is 6.61 Å². The van der Waals surface area contributed by atoms with Gasteiger partial charge in [-0.3, -0.25) is 4.79 Å². The second kappa shape index (κ2) is 6.77. The maximum Gasteiger partial charge on any atom is 0.359 e. The Morgan fingerprint density at radius 3 is 2.70 bits per heavy atom. The molecule has 142 valence electrons. The summed E-state index contributed by atoms with van der Waals surface area (Å²) in [5.41, 5.74) is -0.831. The molecule has 27 heavy (non-hydrogen) atoms. The van der Waals surface area contributed by atoms with E-state index in [9.17, 15) is 18.4 Å². The van der Waals surface area contributed by atoms with Crippen LogP contribution in [0, 0.1) is 6.92 Å². The van der Waals surface area contributed by atoms with Crippen LogP contribution in [0.1, 0.15) is 35.5 Å². The zero-order chi connectivity index (χ0) is 19.9. The van der Waals surface area contributed by atoms with Crippen LogP contribution in [0.25, 0.3) is 16.8 Å². The molecule has 0 bridgehead atoms. The van der Waals surface area contributed by atoms with E-state index in [1.54, 1.807) is 25.1 Å². The van der Waals surface area contributed by atoms with E-state index in [4.69, 9.17) is 16.3 Å². The van der Waals surface area contributed by atoms with Crippen molar-refractivity contribution < 1.29 is 18.3 Å². The Morgan fingerprint density at radius 2 is 2.11 bits per heavy atom. The van der Waals surface area contributed by atoms with Crippen LogP contribution in [0.5, 0.6) is 0 Å². The summed E-state index contributed by atoms with van der Waals surface area (Å²) in [6.45, 7) is 3.96. The van der Waals surface area contributed by atoms with Gasteiger partial charge in [-0.25, -0.2) is 18.1 Å². The summed E-state index contributed by atoms with van der Waals surface area (Å²) in [6, 6.07) is 5.13. The number of aromatic nitrogens is 3. The largest absolute Gasteiger partial charge is 0.461 e. The lowest BCUT2D eigenvalue weighted by Crippen LogP contribution is -2.18. The van der Waals surface area contributed by atoms with Gasteiger partial charge in [0.15, 0.2) is 5.69 Å². The SMILES string of the molecule is CCOC(=O)c1nn2cc(-c3ccc(C)c(Cl)c3)[nH]c(=O)c2c1C(C)(F)F. The van der Waals surface area contributed by atoms with E-state index in [2.05, 4.69) is 10.1 Å². The predicted octanol–water partition coefficient (Wildman–Crippen LogP) is 3.94. The van der Waals surface area contributed by atoms with Gasteiger partial charge in [-0.15, -0.1) is 0 Å². The lowest BCUT2D eigenvalue weighted by atomic mass is 10.1. The number of esters is 1. The smallest absolute Gasteiger partial charge is 0.359 e. The van der Waals surface area contributed by atoms with Crippen LogP contribution in [0.3, 0.4) is 0 Å². The summed E-state index contributed by atoms with van der Waals surface area (Å²) in [6.07, 6.45) is 1.36. The molecular formula is C18H16ClF2N3O3. The van der Waals surface area contributed by atoms with Crippen LogP contribution >= 0.6 is 11.6 Å². The van der Waals surface area contributed by atoms with E-state index in [-0.39, 0.29) is 6.61 Å². The number of H-pyrrole nitrogens is 1. The zero-order valence-electron chi connectivity index (χ0n) is 14.8. The van der Waals surface area contributed by atoms with Crippen molar-refractivity contribution in [1.82, 2.24) is 14.6 Å². The highest BCUT2D eigenvalue weighted by Crippen LogP contribution is 2.33. The number of carbonyl (C=O) groups excluding carboxylic acids is 1. The normalized spacial score (nSPS) is 11.8. The van der Waals surface area contributed by atoms with Crippen LogP contribution in [0.4, 0.5) is 8.78 Å². The number of benzene rings is 1. The van der Waals surface area contributed by atoms with E-state index in [0.717, 1.165) is 10.1 Å². The van der Waals surface area contributed by atoms with E-state index < -0.39 is 34.2 Å². The summed E-state index contributed by atoms with van der Waals surface area (Å²) < 4.78 is 34.1. The number of carbonyl (C=O) groups is 1. The highest BCUT2D eigenvalue weighted by atomic mass is 35.5. The Hall–Kier alpha value is -2.74. The molecule has 0 atom stereocenters. The monoisotopic (exact) mass is 395 g/mol. The first kappa shape index (κ1) is 19.0. The summed E-state index contributed by atoms with van der Waals surface area (Å²) in [5, 5.41) is 4.38. The number of hydrogen-bond acceptors (Lipinski definition) is 4. The number of nitrogens with one attached hydrogen (secondary N) is 1. The summed E-state index contributed by atoms with van der Waals surface area (Å²) in [4.78, 5) is 27.2. The Bertz CT molecular complexity index is 1100. The number of aryl methyl sites for hydroxylation is 1. The number of ether oxygens (including phenoxy) is 1. The third kappa shape index (κ3) is 3.44. The molecule has 1 N–H and O–H groups in total. The second-order valence-electron chi connectivity index (χ2n) is 6.09. The van der Waals surface area contributed by atoms with Crippen molar-refractivity contribution in [3.63, 3.8) is 0 Å². The van der Waals surface area contributed by atoms with Gasteiger partial charge in [-0.1, -0.05) is 23.7 Å². The third-order valence-corrected chi connectivity index (χ3v) is 4.42. The minimum atomic E-state index is -3.47. The quantitative estimate of drug-likeness (QED) is 0.679. The fraction of sp³-hybridized carbons (Fsp3) is 0.278. The van der Waals surface area contributed by atoms with Gasteiger partial charge in [0, 0.05) is 17.5 Å². The van der Waals surface area contributed by atoms with Crippen LogP contribution in [-0.4, -0.2) is 27.2 Å². The first-order chi connectivity index (χ1) is 12.6. The summed E-state index contributed by atoms with van der Waals surface area (Å²) in [7, 11) is 0. The van der Waals surface area contributed by atoms with Gasteiger partial charge >= 0.3 is 5.97 Å². The average molecular weight is 396 g/mol. The Kier molecular flexibility index (Phi) is 4.77. The fourth-order valence-electron chi connectivity index (χ4n) is 2.75. The molecule has 0 unspecified atom stereocenters. The van der Waals surface area contributed by atoms with Crippen LogP contribution in [-0.2, 0) is 10.7 Å². The van der Waals surface area contributed by atoms with Crippen molar-refractivity contribution in [2.45, 2.75) is 26.7 Å². The van der Waals surface area contributed by atoms with Crippen molar-refractivity contribution in [2.24, 2.45) is 0 Å².